The highest BCUT2D eigenvalue weighted by molar-refractivity contribution is 5.76. The van der Waals surface area contributed by atoms with Crippen molar-refractivity contribution in [2.75, 3.05) is 6.54 Å². The Morgan fingerprint density at radius 1 is 1.56 bits per heavy atom. The number of hydrogen-bond donors (Lipinski definition) is 2. The van der Waals surface area contributed by atoms with Gasteiger partial charge in [-0.3, -0.25) is 4.79 Å². The van der Waals surface area contributed by atoms with Crippen LogP contribution in [0.15, 0.2) is 12.4 Å². The number of aromatic nitrogens is 2. The van der Waals surface area contributed by atoms with Gasteiger partial charge in [-0.05, 0) is 19.3 Å². The molecule has 1 heterocycles. The topological polar surface area (TPSA) is 59.0 Å². The van der Waals surface area contributed by atoms with Gasteiger partial charge >= 0.3 is 0 Å². The summed E-state index contributed by atoms with van der Waals surface area (Å²) in [5.41, 5.74) is 0. The van der Waals surface area contributed by atoms with Crippen LogP contribution >= 0.6 is 0 Å². The molecule has 0 aromatic carbocycles. The Kier molecular flexibility index (Phi) is 4.75. The van der Waals surface area contributed by atoms with Crippen LogP contribution in [-0.2, 0) is 17.9 Å². The van der Waals surface area contributed by atoms with Crippen LogP contribution in [-0.4, -0.2) is 28.0 Å². The second-order valence-electron chi connectivity index (χ2n) is 4.81. The number of nitrogens with one attached hydrogen (secondary N) is 2. The molecule has 1 aromatic heterocycles. The van der Waals surface area contributed by atoms with E-state index in [-0.39, 0.29) is 5.91 Å². The van der Waals surface area contributed by atoms with Gasteiger partial charge in [-0.2, -0.15) is 0 Å². The molecule has 2 N–H and O–H groups in total. The number of imidazole rings is 1. The molecule has 0 aliphatic heterocycles. The molecule has 1 aromatic rings. The summed E-state index contributed by atoms with van der Waals surface area (Å²) in [6, 6.07) is 0.459. The fourth-order valence-electron chi connectivity index (χ4n) is 1.88. The summed E-state index contributed by atoms with van der Waals surface area (Å²) in [4.78, 5) is 15.8. The van der Waals surface area contributed by atoms with Gasteiger partial charge in [0.25, 0.3) is 0 Å². The van der Waals surface area contributed by atoms with Crippen LogP contribution in [0.2, 0.25) is 0 Å². The van der Waals surface area contributed by atoms with Gasteiger partial charge in [0.1, 0.15) is 5.82 Å². The summed E-state index contributed by atoms with van der Waals surface area (Å²) in [6.45, 7) is 4.58. The van der Waals surface area contributed by atoms with Crippen molar-refractivity contribution < 1.29 is 4.79 Å². The van der Waals surface area contributed by atoms with Crippen molar-refractivity contribution >= 4 is 5.91 Å². The van der Waals surface area contributed by atoms with Crippen molar-refractivity contribution in [1.82, 2.24) is 20.2 Å². The van der Waals surface area contributed by atoms with Crippen LogP contribution in [0.5, 0.6) is 0 Å². The summed E-state index contributed by atoms with van der Waals surface area (Å²) in [7, 11) is 0. The lowest BCUT2D eigenvalue weighted by atomic mass is 10.4. The molecule has 0 saturated heterocycles. The van der Waals surface area contributed by atoms with Gasteiger partial charge in [0, 0.05) is 37.9 Å². The molecule has 2 rings (SSSR count). The first-order chi connectivity index (χ1) is 8.79. The first kappa shape index (κ1) is 13.1. The van der Waals surface area contributed by atoms with Gasteiger partial charge in [-0.15, -0.1) is 0 Å². The Morgan fingerprint density at radius 3 is 3.11 bits per heavy atom. The molecule has 5 nitrogen and oxygen atoms in total. The largest absolute Gasteiger partial charge is 0.353 e. The average molecular weight is 250 g/mol. The zero-order valence-electron chi connectivity index (χ0n) is 11.0. The Hall–Kier alpha value is -1.36. The van der Waals surface area contributed by atoms with E-state index in [2.05, 4.69) is 27.1 Å². The quantitative estimate of drug-likeness (QED) is 0.678. The molecule has 0 atom stereocenters. The number of rotatable bonds is 8. The Bertz CT molecular complexity index is 384. The van der Waals surface area contributed by atoms with Crippen LogP contribution in [0.1, 0.15) is 38.4 Å². The fraction of sp³-hybridized carbons (Fsp3) is 0.692. The van der Waals surface area contributed by atoms with E-state index in [4.69, 9.17) is 0 Å². The third-order valence-corrected chi connectivity index (χ3v) is 3.02. The summed E-state index contributed by atoms with van der Waals surface area (Å²) in [5.74, 6) is 1.20. The molecule has 0 spiro atoms. The minimum Gasteiger partial charge on any atom is -0.353 e. The fourth-order valence-corrected chi connectivity index (χ4v) is 1.88. The number of amides is 1. The molecule has 1 aliphatic rings. The zero-order chi connectivity index (χ0) is 12.8. The number of hydrogen-bond acceptors (Lipinski definition) is 3. The highest BCUT2D eigenvalue weighted by atomic mass is 16.1. The van der Waals surface area contributed by atoms with Crippen molar-refractivity contribution in [3.05, 3.63) is 18.2 Å². The van der Waals surface area contributed by atoms with Gasteiger partial charge in [0.2, 0.25) is 5.91 Å². The summed E-state index contributed by atoms with van der Waals surface area (Å²) in [5, 5.41) is 6.25. The maximum Gasteiger partial charge on any atom is 0.221 e. The number of nitrogens with zero attached hydrogens (tertiary/aromatic N) is 2. The van der Waals surface area contributed by atoms with Gasteiger partial charge < -0.3 is 15.2 Å². The van der Waals surface area contributed by atoms with Crippen molar-refractivity contribution in [2.45, 2.75) is 51.7 Å². The van der Waals surface area contributed by atoms with E-state index in [1.807, 2.05) is 12.4 Å². The number of aryl methyl sites for hydroxylation is 1. The zero-order valence-corrected chi connectivity index (χ0v) is 11.0. The molecule has 100 valence electrons. The van der Waals surface area contributed by atoms with Gasteiger partial charge in [-0.25, -0.2) is 4.98 Å². The predicted molar refractivity (Wildman–Crippen MR) is 70.0 cm³/mol. The molecule has 0 unspecified atom stereocenters. The van der Waals surface area contributed by atoms with E-state index >= 15 is 0 Å². The van der Waals surface area contributed by atoms with E-state index in [0.29, 0.717) is 19.0 Å². The monoisotopic (exact) mass is 250 g/mol. The molecular formula is C13H22N4O. The van der Waals surface area contributed by atoms with E-state index in [0.717, 1.165) is 38.2 Å². The Balaban J connectivity index is 1.61. The van der Waals surface area contributed by atoms with Crippen LogP contribution in [0.25, 0.3) is 0 Å². The SMILES string of the molecule is CCCn1ccnc1CNCCC(=O)NC1CC1. The third kappa shape index (κ3) is 4.14. The molecular weight excluding hydrogens is 228 g/mol. The second kappa shape index (κ2) is 6.54. The van der Waals surface area contributed by atoms with E-state index < -0.39 is 0 Å². The normalized spacial score (nSPS) is 14.7. The minimum atomic E-state index is 0.155. The third-order valence-electron chi connectivity index (χ3n) is 3.02. The van der Waals surface area contributed by atoms with Crippen molar-refractivity contribution in [3.63, 3.8) is 0 Å². The lowest BCUT2D eigenvalue weighted by Gasteiger charge is -2.08. The lowest BCUT2D eigenvalue weighted by molar-refractivity contribution is -0.121. The molecule has 5 heteroatoms. The van der Waals surface area contributed by atoms with Crippen molar-refractivity contribution in [1.29, 1.82) is 0 Å². The Morgan fingerprint density at radius 2 is 2.39 bits per heavy atom. The van der Waals surface area contributed by atoms with Crippen molar-refractivity contribution in [3.8, 4) is 0 Å². The van der Waals surface area contributed by atoms with Gasteiger partial charge in [0.15, 0.2) is 0 Å². The maximum absolute atomic E-state index is 11.5. The van der Waals surface area contributed by atoms with Crippen LogP contribution in [0, 0.1) is 0 Å². The van der Waals surface area contributed by atoms with E-state index in [1.165, 1.54) is 0 Å². The first-order valence-corrected chi connectivity index (χ1v) is 6.79. The average Bonchev–Trinajstić information content (AvgIpc) is 3.05. The summed E-state index contributed by atoms with van der Waals surface area (Å²) >= 11 is 0. The first-order valence-electron chi connectivity index (χ1n) is 6.79. The molecule has 0 bridgehead atoms. The summed E-state index contributed by atoms with van der Waals surface area (Å²) < 4.78 is 2.15. The maximum atomic E-state index is 11.5. The predicted octanol–water partition coefficient (Wildman–Crippen LogP) is 1.05. The standard InChI is InChI=1S/C13H22N4O/c1-2-8-17-9-7-15-12(17)10-14-6-5-13(18)16-11-3-4-11/h7,9,11,14H,2-6,8,10H2,1H3,(H,16,18). The highest BCUT2D eigenvalue weighted by Crippen LogP contribution is 2.18. The lowest BCUT2D eigenvalue weighted by Crippen LogP contribution is -2.29. The molecule has 0 radical (unpaired) electrons. The van der Waals surface area contributed by atoms with Gasteiger partial charge in [0.05, 0.1) is 6.54 Å². The molecule has 18 heavy (non-hydrogen) atoms. The van der Waals surface area contributed by atoms with E-state index in [1.54, 1.807) is 0 Å². The summed E-state index contributed by atoms with van der Waals surface area (Å²) in [6.07, 6.45) is 7.77. The molecule has 1 saturated carbocycles. The van der Waals surface area contributed by atoms with Crippen LogP contribution < -0.4 is 10.6 Å². The minimum absolute atomic E-state index is 0.155. The molecule has 1 aliphatic carbocycles. The van der Waals surface area contributed by atoms with Crippen molar-refractivity contribution in [2.24, 2.45) is 0 Å². The number of carbonyl (C=O) groups is 1. The molecule has 1 fully saturated rings. The Labute approximate surface area is 108 Å². The highest BCUT2D eigenvalue weighted by Gasteiger charge is 2.22. The number of carbonyl (C=O) groups excluding carboxylic acids is 1. The van der Waals surface area contributed by atoms with Crippen LogP contribution in [0.3, 0.4) is 0 Å². The second-order valence-corrected chi connectivity index (χ2v) is 4.81. The van der Waals surface area contributed by atoms with Crippen LogP contribution in [0.4, 0.5) is 0 Å². The molecule has 1 amide bonds. The smallest absolute Gasteiger partial charge is 0.221 e. The van der Waals surface area contributed by atoms with Gasteiger partial charge in [-0.1, -0.05) is 6.92 Å². The van der Waals surface area contributed by atoms with E-state index in [9.17, 15) is 4.79 Å².